The molecule has 0 aromatic carbocycles. The molecule has 0 radical (unpaired) electrons. The molecule has 0 aromatic rings. The van der Waals surface area contributed by atoms with Gasteiger partial charge in [-0.25, -0.2) is 0 Å². The Hall–Kier alpha value is 0.674. The van der Waals surface area contributed by atoms with E-state index in [0.29, 0.717) is 0 Å². The quantitative estimate of drug-likeness (QED) is 0.476. The topological polar surface area (TPSA) is 9.23 Å². The van der Waals surface area contributed by atoms with Crippen LogP contribution in [0.2, 0.25) is 0 Å². The van der Waals surface area contributed by atoms with Crippen molar-refractivity contribution in [3.63, 3.8) is 0 Å². The fourth-order valence-electron chi connectivity index (χ4n) is 0.102. The van der Waals surface area contributed by atoms with E-state index < -0.39 is 0 Å². The predicted molar refractivity (Wildman–Crippen MR) is 16.2 cm³/mol. The van der Waals surface area contributed by atoms with Crippen LogP contribution in [0, 0.1) is 0 Å². The van der Waals surface area contributed by atoms with E-state index in [0.717, 1.165) is 13.0 Å². The van der Waals surface area contributed by atoms with E-state index >= 15 is 0 Å². The molecule has 0 spiro atoms. The summed E-state index contributed by atoms with van der Waals surface area (Å²) < 4.78 is 4.69. The van der Waals surface area contributed by atoms with Crippen molar-refractivity contribution in [2.24, 2.45) is 0 Å². The van der Waals surface area contributed by atoms with Gasteiger partial charge in [0.05, 0.1) is 0 Å². The predicted octanol–water partition coefficient (Wildman–Crippen LogP) is 0.875. The van der Waals surface area contributed by atoms with Crippen LogP contribution < -0.4 is 0 Å². The van der Waals surface area contributed by atoms with Crippen molar-refractivity contribution in [1.82, 2.24) is 0 Å². The molecule has 0 aliphatic rings. The van der Waals surface area contributed by atoms with Gasteiger partial charge in [-0.2, -0.15) is 0 Å². The summed E-state index contributed by atoms with van der Waals surface area (Å²) in [5, 5.41) is 0. The molecule has 0 aromatic heterocycles. The first-order valence-corrected chi connectivity index (χ1v) is 2.34. The first-order chi connectivity index (χ1) is 2.41. The normalized spacial score (nSPS) is 8.00. The summed E-state index contributed by atoms with van der Waals surface area (Å²) >= 11 is 1.71. The van der Waals surface area contributed by atoms with Crippen LogP contribution in [0.5, 0.6) is 0 Å². The molecule has 0 aliphatic carbocycles. The van der Waals surface area contributed by atoms with Gasteiger partial charge in [0, 0.05) is 0 Å². The van der Waals surface area contributed by atoms with Crippen LogP contribution >= 0.6 is 0 Å². The van der Waals surface area contributed by atoms with Gasteiger partial charge in [0.2, 0.25) is 0 Å². The fraction of sp³-hybridized carbons (Fsp3) is 1.00. The third-order valence-electron chi connectivity index (χ3n) is 0.306. The molecule has 0 fully saturated rings. The average Bonchev–Trinajstić information content (AvgIpc) is 1.41. The summed E-state index contributed by atoms with van der Waals surface area (Å²) in [5.74, 6) is 0. The van der Waals surface area contributed by atoms with Crippen molar-refractivity contribution >= 4 is 0 Å². The first-order valence-electron chi connectivity index (χ1n) is 1.70. The van der Waals surface area contributed by atoms with Gasteiger partial charge in [0.15, 0.2) is 0 Å². The van der Waals surface area contributed by atoms with E-state index in [1.165, 1.54) is 0 Å². The van der Waals surface area contributed by atoms with Crippen LogP contribution in [0.15, 0.2) is 0 Å². The molecule has 0 atom stereocenters. The van der Waals surface area contributed by atoms with Crippen molar-refractivity contribution in [2.75, 3.05) is 6.61 Å². The Balaban J connectivity index is 2.19. The van der Waals surface area contributed by atoms with E-state index in [2.05, 4.69) is 6.92 Å². The Bertz CT molecular complexity index is 14.4. The summed E-state index contributed by atoms with van der Waals surface area (Å²) in [4.78, 5) is 0. The Morgan fingerprint density at radius 3 is 2.40 bits per heavy atom. The Kier molecular flexibility index (Phi) is 5.30. The van der Waals surface area contributed by atoms with E-state index in [9.17, 15) is 0 Å². The minimum atomic E-state index is 0.889. The number of hydrogen-bond donors (Lipinski definition) is 0. The van der Waals surface area contributed by atoms with Gasteiger partial charge < -0.3 is 0 Å². The molecule has 29 valence electrons. The third-order valence-corrected chi connectivity index (χ3v) is 0.625. The Morgan fingerprint density at radius 2 is 2.40 bits per heavy atom. The maximum atomic E-state index is 4.69. The second-order valence-electron chi connectivity index (χ2n) is 0.848. The van der Waals surface area contributed by atoms with Crippen molar-refractivity contribution < 1.29 is 24.1 Å². The molecular weight excluding hydrogens is 99.9 g/mol. The van der Waals surface area contributed by atoms with Crippen molar-refractivity contribution in [3.05, 3.63) is 0 Å². The molecule has 0 bridgehead atoms. The SMILES string of the molecule is CCC[O][Ti]. The van der Waals surface area contributed by atoms with Crippen LogP contribution in [0.4, 0.5) is 0 Å². The zero-order valence-electron chi connectivity index (χ0n) is 3.32. The third kappa shape index (κ3) is 4.67. The van der Waals surface area contributed by atoms with E-state index in [-0.39, 0.29) is 0 Å². The van der Waals surface area contributed by atoms with Crippen LogP contribution in [-0.2, 0) is 24.1 Å². The average molecular weight is 107 g/mol. The van der Waals surface area contributed by atoms with Gasteiger partial charge in [-0.3, -0.25) is 0 Å². The van der Waals surface area contributed by atoms with Crippen molar-refractivity contribution in [3.8, 4) is 0 Å². The Morgan fingerprint density at radius 1 is 1.80 bits per heavy atom. The summed E-state index contributed by atoms with van der Waals surface area (Å²) in [7, 11) is 0. The van der Waals surface area contributed by atoms with Crippen LogP contribution in [0.3, 0.4) is 0 Å². The molecule has 5 heavy (non-hydrogen) atoms. The van der Waals surface area contributed by atoms with Crippen molar-refractivity contribution in [2.45, 2.75) is 13.3 Å². The molecule has 1 nitrogen and oxygen atoms in total. The van der Waals surface area contributed by atoms with Gasteiger partial charge in [-0.15, -0.1) is 0 Å². The van der Waals surface area contributed by atoms with Crippen LogP contribution in [0.1, 0.15) is 13.3 Å². The van der Waals surface area contributed by atoms with Crippen LogP contribution in [0.25, 0.3) is 0 Å². The molecule has 0 heterocycles. The molecule has 0 rings (SSSR count). The van der Waals surface area contributed by atoms with Gasteiger partial charge in [-0.05, 0) is 0 Å². The van der Waals surface area contributed by atoms with Gasteiger partial charge >= 0.3 is 44.1 Å². The molecule has 0 aliphatic heterocycles. The minimum absolute atomic E-state index is 0.889. The number of hydrogen-bond acceptors (Lipinski definition) is 1. The molecule has 0 saturated carbocycles. The molecule has 0 saturated heterocycles. The molecule has 0 amide bonds. The monoisotopic (exact) mass is 107 g/mol. The summed E-state index contributed by atoms with van der Waals surface area (Å²) in [6, 6.07) is 0. The van der Waals surface area contributed by atoms with Crippen molar-refractivity contribution in [1.29, 1.82) is 0 Å². The molecule has 2 heteroatoms. The molecular formula is C3H7OTi. The second kappa shape index (κ2) is 4.67. The summed E-state index contributed by atoms with van der Waals surface area (Å²) in [5.41, 5.74) is 0. The zero-order chi connectivity index (χ0) is 4.12. The molecule has 0 unspecified atom stereocenters. The summed E-state index contributed by atoms with van der Waals surface area (Å²) in [6.45, 7) is 2.98. The van der Waals surface area contributed by atoms with E-state index in [1.807, 2.05) is 0 Å². The van der Waals surface area contributed by atoms with E-state index in [4.69, 9.17) is 3.32 Å². The van der Waals surface area contributed by atoms with Gasteiger partial charge in [0.1, 0.15) is 0 Å². The fourth-order valence-corrected chi connectivity index (χ4v) is 0.421. The van der Waals surface area contributed by atoms with Crippen LogP contribution in [-0.4, -0.2) is 6.61 Å². The maximum absolute atomic E-state index is 4.69. The molecule has 0 N–H and O–H groups in total. The first kappa shape index (κ1) is 5.67. The van der Waals surface area contributed by atoms with Gasteiger partial charge in [-0.1, -0.05) is 0 Å². The standard InChI is InChI=1S/C3H7O.Ti/c1-2-3-4;/h2-3H2,1H3;/q-1;+1. The number of rotatable bonds is 2. The van der Waals surface area contributed by atoms with E-state index in [1.54, 1.807) is 20.8 Å². The Labute approximate surface area is 44.6 Å². The summed E-state index contributed by atoms with van der Waals surface area (Å²) in [6.07, 6.45) is 1.12. The zero-order valence-corrected chi connectivity index (χ0v) is 4.88. The van der Waals surface area contributed by atoms with Gasteiger partial charge in [0.25, 0.3) is 0 Å². The second-order valence-corrected chi connectivity index (χ2v) is 1.30.